The number of aliphatic hydroxyl groups is 1. The molecule has 0 fully saturated rings. The third-order valence-corrected chi connectivity index (χ3v) is 4.77. The van der Waals surface area contributed by atoms with Crippen LogP contribution in [0.15, 0.2) is 29.2 Å². The van der Waals surface area contributed by atoms with Gasteiger partial charge in [0.15, 0.2) is 0 Å². The highest BCUT2D eigenvalue weighted by atomic mass is 35.5. The van der Waals surface area contributed by atoms with Crippen molar-refractivity contribution in [2.24, 2.45) is 0 Å². The molecule has 0 spiro atoms. The first-order valence-corrected chi connectivity index (χ1v) is 8.71. The minimum Gasteiger partial charge on any atom is -0.394 e. The smallest absolute Gasteiger partial charge is 0.0644 e. The molecule has 0 aliphatic heterocycles. The summed E-state index contributed by atoms with van der Waals surface area (Å²) in [5.41, 5.74) is 3.39. The van der Waals surface area contributed by atoms with E-state index in [9.17, 15) is 0 Å². The minimum atomic E-state index is 0.118. The van der Waals surface area contributed by atoms with E-state index in [2.05, 4.69) is 17.3 Å². The molecule has 0 aliphatic rings. The largest absolute Gasteiger partial charge is 0.394 e. The van der Waals surface area contributed by atoms with E-state index in [0.29, 0.717) is 6.54 Å². The summed E-state index contributed by atoms with van der Waals surface area (Å²) in [6.07, 6.45) is 0. The van der Waals surface area contributed by atoms with E-state index in [1.807, 2.05) is 47.6 Å². The molecule has 6 heteroatoms. The number of nitrogens with one attached hydrogen (secondary N) is 1. The molecule has 0 saturated heterocycles. The van der Waals surface area contributed by atoms with Crippen molar-refractivity contribution in [3.05, 3.63) is 46.2 Å². The SMILES string of the molecule is Cc1nn(CCO)c(C)c1CNCCSc1ccc(Cl)cc1. The fourth-order valence-corrected chi connectivity index (χ4v) is 3.22. The molecule has 0 radical (unpaired) electrons. The molecule has 2 N–H and O–H groups in total. The van der Waals surface area contributed by atoms with Gasteiger partial charge in [-0.2, -0.15) is 5.10 Å². The van der Waals surface area contributed by atoms with Crippen LogP contribution in [0.5, 0.6) is 0 Å². The van der Waals surface area contributed by atoms with Crippen LogP contribution in [0, 0.1) is 13.8 Å². The first-order chi connectivity index (χ1) is 10.6. The number of aryl methyl sites for hydroxylation is 1. The van der Waals surface area contributed by atoms with Crippen LogP contribution in [0.1, 0.15) is 17.0 Å². The van der Waals surface area contributed by atoms with Crippen LogP contribution in [-0.4, -0.2) is 33.8 Å². The maximum Gasteiger partial charge on any atom is 0.0644 e. The highest BCUT2D eigenvalue weighted by molar-refractivity contribution is 7.99. The van der Waals surface area contributed by atoms with Gasteiger partial charge in [-0.15, -0.1) is 11.8 Å². The van der Waals surface area contributed by atoms with Gasteiger partial charge in [0.2, 0.25) is 0 Å². The lowest BCUT2D eigenvalue weighted by atomic mass is 10.2. The van der Waals surface area contributed by atoms with Crippen molar-refractivity contribution in [2.75, 3.05) is 18.9 Å². The fourth-order valence-electron chi connectivity index (χ4n) is 2.29. The van der Waals surface area contributed by atoms with Gasteiger partial charge in [0, 0.05) is 40.0 Å². The van der Waals surface area contributed by atoms with Crippen molar-refractivity contribution in [1.29, 1.82) is 0 Å². The molecule has 0 unspecified atom stereocenters. The van der Waals surface area contributed by atoms with E-state index in [-0.39, 0.29) is 6.61 Å². The molecule has 0 aliphatic carbocycles. The molecule has 1 aromatic heterocycles. The number of benzene rings is 1. The maximum absolute atomic E-state index is 9.03. The number of aromatic nitrogens is 2. The Labute approximate surface area is 140 Å². The Hall–Kier alpha value is -1.01. The molecule has 4 nitrogen and oxygen atoms in total. The number of halogens is 1. The molecule has 120 valence electrons. The molecule has 2 aromatic rings. The van der Waals surface area contributed by atoms with E-state index in [4.69, 9.17) is 16.7 Å². The lowest BCUT2D eigenvalue weighted by Crippen LogP contribution is -2.17. The molecule has 22 heavy (non-hydrogen) atoms. The standard InChI is InChI=1S/C16H22ClN3OS/c1-12-16(13(2)20(19-12)8-9-21)11-18-7-10-22-15-5-3-14(17)4-6-15/h3-6,18,21H,7-11H2,1-2H3. The molecule has 0 atom stereocenters. The maximum atomic E-state index is 9.03. The van der Waals surface area contributed by atoms with E-state index >= 15 is 0 Å². The topological polar surface area (TPSA) is 50.1 Å². The Morgan fingerprint density at radius 1 is 1.27 bits per heavy atom. The summed E-state index contributed by atoms with van der Waals surface area (Å²) in [5.74, 6) is 1.00. The third kappa shape index (κ3) is 4.74. The lowest BCUT2D eigenvalue weighted by Gasteiger charge is -2.06. The zero-order valence-corrected chi connectivity index (χ0v) is 14.5. The predicted octanol–water partition coefficient (Wildman–Crippen LogP) is 3.03. The van der Waals surface area contributed by atoms with Crippen molar-refractivity contribution in [1.82, 2.24) is 15.1 Å². The van der Waals surface area contributed by atoms with Crippen molar-refractivity contribution in [3.63, 3.8) is 0 Å². The van der Waals surface area contributed by atoms with Gasteiger partial charge in [-0.3, -0.25) is 4.68 Å². The van der Waals surface area contributed by atoms with Gasteiger partial charge >= 0.3 is 0 Å². The number of nitrogens with zero attached hydrogens (tertiary/aromatic N) is 2. The number of aliphatic hydroxyl groups excluding tert-OH is 1. The molecule has 0 amide bonds. The number of thioether (sulfide) groups is 1. The summed E-state index contributed by atoms with van der Waals surface area (Å²) in [5, 5.41) is 17.7. The molecule has 2 rings (SSSR count). The van der Waals surface area contributed by atoms with Crippen LogP contribution in [0.4, 0.5) is 0 Å². The Bertz CT molecular complexity index is 598. The summed E-state index contributed by atoms with van der Waals surface area (Å²) in [6, 6.07) is 7.92. The van der Waals surface area contributed by atoms with Crippen LogP contribution >= 0.6 is 23.4 Å². The van der Waals surface area contributed by atoms with E-state index < -0.39 is 0 Å². The summed E-state index contributed by atoms with van der Waals surface area (Å²) < 4.78 is 1.87. The van der Waals surface area contributed by atoms with Gasteiger partial charge in [0.1, 0.15) is 0 Å². The van der Waals surface area contributed by atoms with Gasteiger partial charge in [-0.1, -0.05) is 11.6 Å². The summed E-state index contributed by atoms with van der Waals surface area (Å²) in [6.45, 7) is 6.47. The normalized spacial score (nSPS) is 11.1. The monoisotopic (exact) mass is 339 g/mol. The second-order valence-corrected chi connectivity index (χ2v) is 6.68. The van der Waals surface area contributed by atoms with Crippen LogP contribution in [0.25, 0.3) is 0 Å². The van der Waals surface area contributed by atoms with E-state index in [1.54, 1.807) is 0 Å². The summed E-state index contributed by atoms with van der Waals surface area (Å²) in [7, 11) is 0. The highest BCUT2D eigenvalue weighted by Gasteiger charge is 2.10. The summed E-state index contributed by atoms with van der Waals surface area (Å²) >= 11 is 7.68. The Morgan fingerprint density at radius 3 is 2.68 bits per heavy atom. The molecule has 1 aromatic carbocycles. The predicted molar refractivity (Wildman–Crippen MR) is 92.7 cm³/mol. The second kappa shape index (κ2) is 8.58. The number of hydrogen-bond acceptors (Lipinski definition) is 4. The van der Waals surface area contributed by atoms with E-state index in [1.165, 1.54) is 10.5 Å². The second-order valence-electron chi connectivity index (χ2n) is 5.08. The van der Waals surface area contributed by atoms with Gasteiger partial charge in [-0.25, -0.2) is 0 Å². The van der Waals surface area contributed by atoms with Crippen LogP contribution in [0.3, 0.4) is 0 Å². The van der Waals surface area contributed by atoms with Crippen molar-refractivity contribution >= 4 is 23.4 Å². The van der Waals surface area contributed by atoms with Gasteiger partial charge in [0.05, 0.1) is 18.8 Å². The zero-order valence-electron chi connectivity index (χ0n) is 13.0. The van der Waals surface area contributed by atoms with Crippen molar-refractivity contribution < 1.29 is 5.11 Å². The Kier molecular flexibility index (Phi) is 6.76. The first kappa shape index (κ1) is 17.3. The van der Waals surface area contributed by atoms with Gasteiger partial charge in [0.25, 0.3) is 0 Å². The lowest BCUT2D eigenvalue weighted by molar-refractivity contribution is 0.267. The molecular formula is C16H22ClN3OS. The Morgan fingerprint density at radius 2 is 2.00 bits per heavy atom. The average molecular weight is 340 g/mol. The average Bonchev–Trinajstić information content (AvgIpc) is 2.76. The van der Waals surface area contributed by atoms with Crippen LogP contribution < -0.4 is 5.32 Å². The molecule has 1 heterocycles. The molecular weight excluding hydrogens is 318 g/mol. The molecule has 0 bridgehead atoms. The zero-order chi connectivity index (χ0) is 15.9. The van der Waals surface area contributed by atoms with Crippen molar-refractivity contribution in [2.45, 2.75) is 31.8 Å². The van der Waals surface area contributed by atoms with Crippen LogP contribution in [-0.2, 0) is 13.1 Å². The molecule has 0 saturated carbocycles. The first-order valence-electron chi connectivity index (χ1n) is 7.34. The minimum absolute atomic E-state index is 0.118. The highest BCUT2D eigenvalue weighted by Crippen LogP contribution is 2.19. The number of hydrogen-bond donors (Lipinski definition) is 2. The quantitative estimate of drug-likeness (QED) is 0.573. The van der Waals surface area contributed by atoms with Gasteiger partial charge < -0.3 is 10.4 Å². The summed E-state index contributed by atoms with van der Waals surface area (Å²) in [4.78, 5) is 1.23. The van der Waals surface area contributed by atoms with Crippen molar-refractivity contribution in [3.8, 4) is 0 Å². The van der Waals surface area contributed by atoms with Crippen LogP contribution in [0.2, 0.25) is 5.02 Å². The Balaban J connectivity index is 1.76. The third-order valence-electron chi connectivity index (χ3n) is 3.51. The number of rotatable bonds is 8. The van der Waals surface area contributed by atoms with Gasteiger partial charge in [-0.05, 0) is 38.1 Å². The fraction of sp³-hybridized carbons (Fsp3) is 0.438. The van der Waals surface area contributed by atoms with E-state index in [0.717, 1.165) is 35.3 Å².